The zero-order valence-corrected chi connectivity index (χ0v) is 19.7. The number of nitrogens with one attached hydrogen (secondary N) is 1. The minimum absolute atomic E-state index is 0.277. The third-order valence-electron chi connectivity index (χ3n) is 5.80. The van der Waals surface area contributed by atoms with Gasteiger partial charge < -0.3 is 10.1 Å². The van der Waals surface area contributed by atoms with E-state index in [0.717, 1.165) is 27.9 Å². The smallest absolute Gasteiger partial charge is 0.282 e. The largest absolute Gasteiger partial charge is 0.494 e. The first-order valence-electron chi connectivity index (χ1n) is 11.1. The van der Waals surface area contributed by atoms with Gasteiger partial charge in [0.25, 0.3) is 11.8 Å². The van der Waals surface area contributed by atoms with Crippen LogP contribution in [0.15, 0.2) is 66.4 Å². The van der Waals surface area contributed by atoms with Crippen LogP contribution in [-0.2, 0) is 9.59 Å². The monoisotopic (exact) mass is 440 g/mol. The zero-order chi connectivity index (χ0) is 23.7. The van der Waals surface area contributed by atoms with Gasteiger partial charge in [0.1, 0.15) is 11.4 Å². The van der Waals surface area contributed by atoms with E-state index in [4.69, 9.17) is 4.74 Å². The third kappa shape index (κ3) is 4.27. The number of hydrogen-bond donors (Lipinski definition) is 1. The van der Waals surface area contributed by atoms with Crippen LogP contribution < -0.4 is 15.0 Å². The standard InChI is InChI=1S/C28H28N2O3/c1-6-33-22-13-11-21(12-14-22)25-26(29-23-15-17(2)7-9-19(23)4)28(32)30(27(25)31)24-16-18(3)8-10-20(24)5/h7-16,29H,6H2,1-5H3. The van der Waals surface area contributed by atoms with Gasteiger partial charge in [-0.2, -0.15) is 0 Å². The van der Waals surface area contributed by atoms with Crippen molar-refractivity contribution in [2.75, 3.05) is 16.8 Å². The highest BCUT2D eigenvalue weighted by Crippen LogP contribution is 2.36. The Morgan fingerprint density at radius 2 is 1.42 bits per heavy atom. The lowest BCUT2D eigenvalue weighted by Gasteiger charge is -2.18. The summed E-state index contributed by atoms with van der Waals surface area (Å²) in [4.78, 5) is 28.7. The van der Waals surface area contributed by atoms with Gasteiger partial charge in [-0.3, -0.25) is 9.59 Å². The van der Waals surface area contributed by atoms with E-state index in [-0.39, 0.29) is 17.5 Å². The first-order chi connectivity index (χ1) is 15.8. The molecule has 168 valence electrons. The van der Waals surface area contributed by atoms with Crippen molar-refractivity contribution in [1.29, 1.82) is 0 Å². The number of nitrogens with zero attached hydrogens (tertiary/aromatic N) is 1. The number of rotatable bonds is 6. The van der Waals surface area contributed by atoms with Gasteiger partial charge in [-0.25, -0.2) is 4.90 Å². The molecular formula is C28H28N2O3. The van der Waals surface area contributed by atoms with Crippen LogP contribution in [0.3, 0.4) is 0 Å². The van der Waals surface area contributed by atoms with Crippen LogP contribution in [0.1, 0.15) is 34.7 Å². The highest BCUT2D eigenvalue weighted by molar-refractivity contribution is 6.46. The summed E-state index contributed by atoms with van der Waals surface area (Å²) in [6, 6.07) is 19.1. The lowest BCUT2D eigenvalue weighted by Crippen LogP contribution is -2.33. The fourth-order valence-corrected chi connectivity index (χ4v) is 3.98. The van der Waals surface area contributed by atoms with Crippen molar-refractivity contribution in [1.82, 2.24) is 0 Å². The molecule has 0 aromatic heterocycles. The van der Waals surface area contributed by atoms with Gasteiger partial charge in [0.2, 0.25) is 0 Å². The Kier molecular flexibility index (Phi) is 6.05. The van der Waals surface area contributed by atoms with Crippen molar-refractivity contribution in [3.05, 3.63) is 94.2 Å². The summed E-state index contributed by atoms with van der Waals surface area (Å²) in [6.45, 7) is 10.3. The van der Waals surface area contributed by atoms with Gasteiger partial charge in [-0.05, 0) is 86.7 Å². The summed E-state index contributed by atoms with van der Waals surface area (Å²) in [5.74, 6) is 0.0122. The maximum atomic E-state index is 13.7. The average molecular weight is 441 g/mol. The number of carbonyl (C=O) groups is 2. The molecule has 0 saturated heterocycles. The molecule has 0 saturated carbocycles. The van der Waals surface area contributed by atoms with Gasteiger partial charge in [0.15, 0.2) is 0 Å². The molecule has 0 fully saturated rings. The van der Waals surface area contributed by atoms with E-state index < -0.39 is 0 Å². The molecule has 1 heterocycles. The van der Waals surface area contributed by atoms with Gasteiger partial charge in [0.05, 0.1) is 17.9 Å². The molecule has 4 rings (SSSR count). The summed E-state index contributed by atoms with van der Waals surface area (Å²) in [7, 11) is 0. The predicted molar refractivity (Wildman–Crippen MR) is 132 cm³/mol. The number of hydrogen-bond acceptors (Lipinski definition) is 4. The maximum Gasteiger partial charge on any atom is 0.282 e. The van der Waals surface area contributed by atoms with E-state index >= 15 is 0 Å². The van der Waals surface area contributed by atoms with E-state index in [1.54, 1.807) is 0 Å². The zero-order valence-electron chi connectivity index (χ0n) is 19.7. The van der Waals surface area contributed by atoms with Crippen molar-refractivity contribution in [3.63, 3.8) is 0 Å². The van der Waals surface area contributed by atoms with Crippen molar-refractivity contribution in [3.8, 4) is 5.75 Å². The van der Waals surface area contributed by atoms with Crippen molar-refractivity contribution in [2.24, 2.45) is 0 Å². The topological polar surface area (TPSA) is 58.6 Å². The molecule has 0 radical (unpaired) electrons. The molecule has 0 spiro atoms. The summed E-state index contributed by atoms with van der Waals surface area (Å²) in [5, 5.41) is 3.29. The normalized spacial score (nSPS) is 13.7. The Morgan fingerprint density at radius 3 is 2.09 bits per heavy atom. The first kappa shape index (κ1) is 22.3. The molecule has 5 nitrogen and oxygen atoms in total. The van der Waals surface area contributed by atoms with Crippen LogP contribution in [-0.4, -0.2) is 18.4 Å². The van der Waals surface area contributed by atoms with Gasteiger partial charge in [-0.1, -0.05) is 36.4 Å². The van der Waals surface area contributed by atoms with E-state index in [9.17, 15) is 9.59 Å². The third-order valence-corrected chi connectivity index (χ3v) is 5.80. The second kappa shape index (κ2) is 8.94. The minimum atomic E-state index is -0.363. The first-order valence-corrected chi connectivity index (χ1v) is 11.1. The maximum absolute atomic E-state index is 13.7. The molecular weight excluding hydrogens is 412 g/mol. The fourth-order valence-electron chi connectivity index (χ4n) is 3.98. The summed E-state index contributed by atoms with van der Waals surface area (Å²) in [5.41, 5.74) is 6.60. The molecule has 3 aromatic rings. The second-order valence-corrected chi connectivity index (χ2v) is 8.39. The molecule has 5 heteroatoms. The summed E-state index contributed by atoms with van der Waals surface area (Å²) in [6.07, 6.45) is 0. The number of aryl methyl sites for hydroxylation is 4. The van der Waals surface area contributed by atoms with Crippen LogP contribution in [0.4, 0.5) is 11.4 Å². The second-order valence-electron chi connectivity index (χ2n) is 8.39. The molecule has 3 aromatic carbocycles. The number of imide groups is 1. The highest BCUT2D eigenvalue weighted by Gasteiger charge is 2.41. The molecule has 33 heavy (non-hydrogen) atoms. The van der Waals surface area contributed by atoms with E-state index in [2.05, 4.69) is 5.32 Å². The van der Waals surface area contributed by atoms with Crippen LogP contribution in [0.25, 0.3) is 5.57 Å². The number of anilines is 2. The Bertz CT molecular complexity index is 1270. The summed E-state index contributed by atoms with van der Waals surface area (Å²) < 4.78 is 5.55. The number of carbonyl (C=O) groups excluding carboxylic acids is 2. The fraction of sp³-hybridized carbons (Fsp3) is 0.214. The number of benzene rings is 3. The number of amides is 2. The molecule has 0 aliphatic carbocycles. The lowest BCUT2D eigenvalue weighted by molar-refractivity contribution is -0.120. The predicted octanol–water partition coefficient (Wildman–Crippen LogP) is 5.72. The van der Waals surface area contributed by atoms with Crippen molar-refractivity contribution < 1.29 is 14.3 Å². The molecule has 0 atom stereocenters. The van der Waals surface area contributed by atoms with E-state index in [1.165, 1.54) is 4.90 Å². The molecule has 0 bridgehead atoms. The minimum Gasteiger partial charge on any atom is -0.494 e. The van der Waals surface area contributed by atoms with Gasteiger partial charge >= 0.3 is 0 Å². The Balaban J connectivity index is 1.85. The van der Waals surface area contributed by atoms with Crippen LogP contribution in [0, 0.1) is 27.7 Å². The van der Waals surface area contributed by atoms with E-state index in [1.807, 2.05) is 95.3 Å². The SMILES string of the molecule is CCOc1ccc(C2=C(Nc3cc(C)ccc3C)C(=O)N(c3cc(C)ccc3C)C2=O)cc1. The molecule has 1 N–H and O–H groups in total. The van der Waals surface area contributed by atoms with Gasteiger partial charge in [-0.15, -0.1) is 0 Å². The van der Waals surface area contributed by atoms with Crippen LogP contribution in [0.2, 0.25) is 0 Å². The summed E-state index contributed by atoms with van der Waals surface area (Å²) >= 11 is 0. The quantitative estimate of drug-likeness (QED) is 0.499. The van der Waals surface area contributed by atoms with Crippen molar-refractivity contribution in [2.45, 2.75) is 34.6 Å². The van der Waals surface area contributed by atoms with Gasteiger partial charge in [0, 0.05) is 5.69 Å². The Morgan fingerprint density at radius 1 is 0.788 bits per heavy atom. The number of ether oxygens (including phenoxy) is 1. The van der Waals surface area contributed by atoms with Crippen LogP contribution >= 0.6 is 0 Å². The Labute approximate surface area is 194 Å². The molecule has 2 amide bonds. The van der Waals surface area contributed by atoms with Crippen molar-refractivity contribution >= 4 is 28.8 Å². The highest BCUT2D eigenvalue weighted by atomic mass is 16.5. The molecule has 1 aliphatic heterocycles. The Hall–Kier alpha value is -3.86. The average Bonchev–Trinajstić information content (AvgIpc) is 3.03. The van der Waals surface area contributed by atoms with E-state index in [0.29, 0.717) is 29.2 Å². The van der Waals surface area contributed by atoms with Crippen LogP contribution in [0.5, 0.6) is 5.75 Å². The molecule has 0 unspecified atom stereocenters. The lowest BCUT2D eigenvalue weighted by atomic mass is 10.0. The molecule has 1 aliphatic rings.